The molecule has 5 atom stereocenters. The fourth-order valence-corrected chi connectivity index (χ4v) is 4.86. The molecule has 0 nitrogen and oxygen atoms in total. The molecule has 128 valence electrons. The van der Waals surface area contributed by atoms with Crippen LogP contribution in [0.3, 0.4) is 0 Å². The van der Waals surface area contributed by atoms with Gasteiger partial charge in [-0.05, 0) is 48.8 Å². The average molecular weight is 409 g/mol. The van der Waals surface area contributed by atoms with Gasteiger partial charge in [-0.2, -0.15) is 0 Å². The third-order valence-electron chi connectivity index (χ3n) is 5.42. The van der Waals surface area contributed by atoms with Gasteiger partial charge in [0, 0.05) is 0 Å². The molecule has 0 N–H and O–H groups in total. The van der Waals surface area contributed by atoms with Crippen molar-refractivity contribution < 1.29 is 46.5 Å². The fraction of sp³-hybridized carbons (Fsp3) is 1.00. The van der Waals surface area contributed by atoms with Crippen LogP contribution in [0.5, 0.6) is 0 Å². The van der Waals surface area contributed by atoms with Crippen molar-refractivity contribution >= 4 is 17.8 Å². The Labute approximate surface area is 166 Å². The molecule has 1 rings (SSSR count). The van der Waals surface area contributed by atoms with Crippen LogP contribution in [0.15, 0.2) is 0 Å². The first kappa shape index (κ1) is 31.0. The van der Waals surface area contributed by atoms with E-state index in [0.717, 1.165) is 26.1 Å². The van der Waals surface area contributed by atoms with Gasteiger partial charge in [0.1, 0.15) is 0 Å². The molecular weight excluding hydrogens is 373 g/mol. The Balaban J connectivity index is -0.000000276. The Bertz CT molecular complexity index is 208. The predicted octanol–water partition coefficient (Wildman–Crippen LogP) is -0.187. The first-order valence-corrected chi connectivity index (χ1v) is 10.6. The van der Waals surface area contributed by atoms with E-state index in [1.54, 1.807) is 0 Å². The summed E-state index contributed by atoms with van der Waals surface area (Å²) in [6.07, 6.45) is 8.74. The van der Waals surface area contributed by atoms with Crippen molar-refractivity contribution in [3.05, 3.63) is 0 Å². The van der Waals surface area contributed by atoms with Crippen molar-refractivity contribution in [2.24, 2.45) is 17.3 Å². The molecule has 0 aromatic heterocycles. The minimum Gasteiger partial charge on any atom is -1.00 e. The maximum atomic E-state index is 2.51. The van der Waals surface area contributed by atoms with Crippen molar-refractivity contribution in [3.8, 4) is 0 Å². The molecule has 0 saturated heterocycles. The maximum absolute atomic E-state index is 2.51. The van der Waals surface area contributed by atoms with E-state index in [4.69, 9.17) is 0 Å². The molecule has 1 aliphatic carbocycles. The standard InChI is InChI=1S/C15H31P.CH5P.2ClH.Ti/c1-6-12(3)15(13(4)7-2)10-8-9-14(11-15)16-5;1-2;;;/h12-14,16H,6-11H2,1-5H3;2H2,1H3;2*1H;/q;;;;+2/p-2. The maximum Gasteiger partial charge on any atom is 2.00 e. The second kappa shape index (κ2) is 17.0. The minimum absolute atomic E-state index is 0. The van der Waals surface area contributed by atoms with Crippen molar-refractivity contribution in [2.75, 3.05) is 13.3 Å². The summed E-state index contributed by atoms with van der Waals surface area (Å²) in [5, 5.41) is 0. The van der Waals surface area contributed by atoms with Gasteiger partial charge < -0.3 is 24.8 Å². The zero-order chi connectivity index (χ0) is 14.2. The van der Waals surface area contributed by atoms with Crippen molar-refractivity contribution in [3.63, 3.8) is 0 Å². The van der Waals surface area contributed by atoms with E-state index in [0.29, 0.717) is 5.41 Å². The van der Waals surface area contributed by atoms with Gasteiger partial charge in [0.05, 0.1) is 0 Å². The van der Waals surface area contributed by atoms with Crippen molar-refractivity contribution in [1.82, 2.24) is 0 Å². The summed E-state index contributed by atoms with van der Waals surface area (Å²) in [6.45, 7) is 14.1. The average Bonchev–Trinajstić information content (AvgIpc) is 2.47. The zero-order valence-electron chi connectivity index (χ0n) is 14.8. The molecule has 0 spiro atoms. The van der Waals surface area contributed by atoms with Gasteiger partial charge >= 0.3 is 21.7 Å². The van der Waals surface area contributed by atoms with Gasteiger partial charge in [-0.15, -0.1) is 17.8 Å². The van der Waals surface area contributed by atoms with Crippen LogP contribution in [-0.4, -0.2) is 19.0 Å². The van der Waals surface area contributed by atoms with Crippen LogP contribution >= 0.6 is 17.8 Å². The molecular formula is C16H36Cl2P2Ti. The third-order valence-corrected chi connectivity index (χ3v) is 6.73. The molecule has 0 radical (unpaired) electrons. The Hall–Kier alpha value is 2.15. The van der Waals surface area contributed by atoms with Crippen LogP contribution in [0.2, 0.25) is 0 Å². The molecule has 0 bridgehead atoms. The summed E-state index contributed by atoms with van der Waals surface area (Å²) in [7, 11) is 3.58. The monoisotopic (exact) mass is 408 g/mol. The molecule has 1 fully saturated rings. The van der Waals surface area contributed by atoms with Crippen LogP contribution in [0.25, 0.3) is 0 Å². The van der Waals surface area contributed by atoms with Gasteiger partial charge in [-0.1, -0.05) is 53.6 Å². The summed E-state index contributed by atoms with van der Waals surface area (Å²) in [4.78, 5) is 0. The zero-order valence-corrected chi connectivity index (χ0v) is 20.0. The molecule has 1 saturated carbocycles. The summed E-state index contributed by atoms with van der Waals surface area (Å²) < 4.78 is 0. The summed E-state index contributed by atoms with van der Waals surface area (Å²) >= 11 is 0. The summed E-state index contributed by atoms with van der Waals surface area (Å²) in [5.41, 5.74) is 1.71. The Morgan fingerprint density at radius 1 is 1.10 bits per heavy atom. The topological polar surface area (TPSA) is 0 Å². The van der Waals surface area contributed by atoms with Gasteiger partial charge in [0.25, 0.3) is 0 Å². The summed E-state index contributed by atoms with van der Waals surface area (Å²) in [5.74, 6) is 1.84. The van der Waals surface area contributed by atoms with E-state index in [1.807, 2.05) is 6.66 Å². The van der Waals surface area contributed by atoms with Gasteiger partial charge in [-0.25, -0.2) is 0 Å². The summed E-state index contributed by atoms with van der Waals surface area (Å²) in [6, 6.07) is 0. The van der Waals surface area contributed by atoms with E-state index in [2.05, 4.69) is 43.6 Å². The normalized spacial score (nSPS) is 27.3. The van der Waals surface area contributed by atoms with E-state index in [9.17, 15) is 0 Å². The largest absolute Gasteiger partial charge is 2.00 e. The number of hydrogen-bond donors (Lipinski definition) is 0. The Morgan fingerprint density at radius 3 is 1.86 bits per heavy atom. The van der Waals surface area contributed by atoms with E-state index < -0.39 is 0 Å². The first-order valence-electron chi connectivity index (χ1n) is 7.85. The van der Waals surface area contributed by atoms with Gasteiger partial charge in [0.2, 0.25) is 0 Å². The number of rotatable bonds is 5. The van der Waals surface area contributed by atoms with Crippen molar-refractivity contribution in [2.45, 2.75) is 71.9 Å². The quantitative estimate of drug-likeness (QED) is 0.437. The second-order valence-electron chi connectivity index (χ2n) is 5.93. The molecule has 5 unspecified atom stereocenters. The Kier molecular flexibility index (Phi) is 25.1. The Morgan fingerprint density at radius 2 is 1.52 bits per heavy atom. The smallest absolute Gasteiger partial charge is 1.00 e. The molecule has 0 heterocycles. The number of halogens is 2. The first-order chi connectivity index (χ1) is 8.60. The molecule has 21 heavy (non-hydrogen) atoms. The number of hydrogen-bond acceptors (Lipinski definition) is 0. The van der Waals surface area contributed by atoms with Crippen LogP contribution < -0.4 is 24.8 Å². The van der Waals surface area contributed by atoms with Gasteiger partial charge in [0.15, 0.2) is 0 Å². The van der Waals surface area contributed by atoms with E-state index in [1.165, 1.54) is 38.5 Å². The molecule has 0 aromatic carbocycles. The van der Waals surface area contributed by atoms with Crippen molar-refractivity contribution in [1.29, 1.82) is 0 Å². The van der Waals surface area contributed by atoms with E-state index >= 15 is 0 Å². The predicted molar refractivity (Wildman–Crippen MR) is 93.5 cm³/mol. The minimum atomic E-state index is 0. The molecule has 0 amide bonds. The fourth-order valence-electron chi connectivity index (χ4n) is 3.78. The third kappa shape index (κ3) is 8.70. The second-order valence-corrected chi connectivity index (χ2v) is 7.33. The molecule has 1 aliphatic rings. The van der Waals surface area contributed by atoms with Crippen LogP contribution in [0, 0.1) is 17.3 Å². The van der Waals surface area contributed by atoms with Crippen LogP contribution in [-0.2, 0) is 21.7 Å². The molecule has 5 heteroatoms. The molecule has 0 aliphatic heterocycles. The van der Waals surface area contributed by atoms with E-state index in [-0.39, 0.29) is 46.5 Å². The van der Waals surface area contributed by atoms with Crippen LogP contribution in [0.1, 0.15) is 66.2 Å². The van der Waals surface area contributed by atoms with Gasteiger partial charge in [-0.3, -0.25) is 0 Å². The van der Waals surface area contributed by atoms with Crippen LogP contribution in [0.4, 0.5) is 0 Å². The molecule has 0 aromatic rings. The SMILES string of the molecule is CCC(C)C1(C(C)CC)CCCC(PC)C1.CP.[Cl-].[Cl-].[Ti+2].